The fraction of sp³-hybridized carbons (Fsp3) is 1.00. The number of hydrogen-bond acceptors (Lipinski definition) is 15. The van der Waals surface area contributed by atoms with Crippen molar-refractivity contribution in [3.05, 3.63) is 0 Å². The molecule has 15 N–H and O–H groups in total. The van der Waals surface area contributed by atoms with Crippen LogP contribution in [0, 0.1) is 0 Å². The van der Waals surface area contributed by atoms with E-state index in [2.05, 4.69) is 0 Å². The van der Waals surface area contributed by atoms with Gasteiger partial charge in [0.2, 0.25) is 0 Å². The summed E-state index contributed by atoms with van der Waals surface area (Å²) in [5.41, 5.74) is 0. The van der Waals surface area contributed by atoms with Crippen LogP contribution in [0.15, 0.2) is 0 Å². The van der Waals surface area contributed by atoms with Crippen LogP contribution in [0.25, 0.3) is 0 Å². The Kier molecular flexibility index (Phi) is 29.3. The first kappa shape index (κ1) is 32.4. The van der Waals surface area contributed by atoms with Crippen LogP contribution in [-0.4, -0.2) is 112 Å². The largest absolute Gasteiger partial charge is 0.394 e. The van der Waals surface area contributed by atoms with Gasteiger partial charge in [-0.15, -0.1) is 0 Å². The van der Waals surface area contributed by atoms with Crippen LogP contribution in [0.3, 0.4) is 0 Å². The van der Waals surface area contributed by atoms with E-state index in [0.717, 1.165) is 0 Å². The van der Waals surface area contributed by atoms with Crippen LogP contribution in [0.4, 0.5) is 0 Å². The van der Waals surface area contributed by atoms with E-state index in [1.54, 1.807) is 0 Å². The maximum atomic E-state index is 8.96. The Morgan fingerprint density at radius 2 is 0.583 bits per heavy atom. The van der Waals surface area contributed by atoms with Crippen molar-refractivity contribution in [3.63, 3.8) is 0 Å². The van der Waals surface area contributed by atoms with Crippen LogP contribution < -0.4 is 0 Å². The first-order valence-corrected chi connectivity index (χ1v) is 8.88. The van der Waals surface area contributed by atoms with Crippen LogP contribution in [0.2, 0.25) is 0 Å². The summed E-state index contributed by atoms with van der Waals surface area (Å²) in [5.74, 6) is 0. The topological polar surface area (TPSA) is 303 Å². The van der Waals surface area contributed by atoms with Crippen LogP contribution in [0.5, 0.6) is 0 Å². The summed E-state index contributed by atoms with van der Waals surface area (Å²) in [4.78, 5) is 65.1. The maximum Gasteiger partial charge on any atom is 0.324 e. The fourth-order valence-corrected chi connectivity index (χ4v) is 0.671. The third-order valence-corrected chi connectivity index (χ3v) is 1.51. The predicted molar refractivity (Wildman–Crippen MR) is 78.9 cm³/mol. The zero-order chi connectivity index (χ0) is 20.5. The highest BCUT2D eigenvalue weighted by Crippen LogP contribution is 2.12. The van der Waals surface area contributed by atoms with Gasteiger partial charge in [0.15, 0.2) is 0 Å². The summed E-state index contributed by atoms with van der Waals surface area (Å²) in [6.45, 7) is -1.45. The molecule has 0 aromatic carbocycles. The van der Waals surface area contributed by atoms with Crippen molar-refractivity contribution in [1.29, 1.82) is 0 Å². The Balaban J connectivity index is -0.000000137. The van der Waals surface area contributed by atoms with Gasteiger partial charge in [-0.1, -0.05) is 0 Å². The molecule has 0 aliphatic carbocycles. The van der Waals surface area contributed by atoms with Crippen molar-refractivity contribution >= 4 is 25.8 Å². The zero-order valence-electron chi connectivity index (χ0n) is 11.8. The van der Waals surface area contributed by atoms with Gasteiger partial charge in [0.25, 0.3) is 0 Å². The molecule has 0 aliphatic heterocycles. The van der Waals surface area contributed by atoms with Gasteiger partial charge in [0.05, 0.1) is 13.2 Å². The molecule has 0 saturated heterocycles. The summed E-state index contributed by atoms with van der Waals surface area (Å²) < 4.78 is 0. The Morgan fingerprint density at radius 3 is 0.667 bits per heavy atom. The average Bonchev–Trinajstić information content (AvgIpc) is 2.42. The van der Waals surface area contributed by atoms with Crippen molar-refractivity contribution in [3.8, 4) is 0 Å². The molecule has 4 atom stereocenters. The summed E-state index contributed by atoms with van der Waals surface area (Å²) in [6, 6.07) is 0. The minimum atomic E-state index is -2.62. The minimum absolute atomic E-state index is 0.726. The van der Waals surface area contributed by atoms with E-state index in [-0.39, 0.29) is 0 Å². The lowest BCUT2D eigenvalue weighted by Crippen LogP contribution is -2.46. The molecule has 0 unspecified atom stereocenters. The van der Waals surface area contributed by atoms with Crippen LogP contribution in [0.1, 0.15) is 0 Å². The highest BCUT2D eigenvalue weighted by atomic mass is 31.2. The molecule has 0 aromatic heterocycles. The fourth-order valence-electron chi connectivity index (χ4n) is 0.671. The van der Waals surface area contributed by atoms with E-state index in [9.17, 15) is 0 Å². The van der Waals surface area contributed by atoms with Gasteiger partial charge in [-0.25, -0.2) is 0 Å². The van der Waals surface area contributed by atoms with Gasteiger partial charge in [-0.05, 0) is 0 Å². The Bertz CT molecular complexity index is 197. The van der Waals surface area contributed by atoms with Gasteiger partial charge < -0.3 is 74.7 Å². The van der Waals surface area contributed by atoms with Crippen molar-refractivity contribution in [1.82, 2.24) is 0 Å². The minimum Gasteiger partial charge on any atom is -0.394 e. The molecule has 0 spiro atoms. The second-order valence-electron chi connectivity index (χ2n) is 3.29. The normalized spacial score (nSPS) is 15.2. The summed E-state index contributed by atoms with van der Waals surface area (Å²) in [6.07, 6.45) is -6.39. The van der Waals surface area contributed by atoms with Gasteiger partial charge in [0, 0.05) is 0 Å². The molecule has 0 rings (SSSR count). The molecule has 0 heterocycles. The maximum absolute atomic E-state index is 8.96. The number of hydrogen-bond donors (Lipinski definition) is 15. The molecule has 0 fully saturated rings. The van der Waals surface area contributed by atoms with E-state index < -0.39 is 63.4 Å². The van der Waals surface area contributed by atoms with Gasteiger partial charge >= 0.3 is 25.8 Å². The Hall–Kier alpha value is 0.690. The first-order valence-electron chi connectivity index (χ1n) is 5.28. The predicted octanol–water partition coefficient (Wildman–Crippen LogP) is -6.01. The highest BCUT2D eigenvalue weighted by Gasteiger charge is 2.29. The van der Waals surface area contributed by atoms with Crippen molar-refractivity contribution in [2.24, 2.45) is 0 Å². The number of aliphatic hydroxyl groups excluding tert-OH is 6. The van der Waals surface area contributed by atoms with E-state index in [0.29, 0.717) is 0 Å². The standard InChI is InChI=1S/C6H14O6.3H3O3P/c7-1-3(9)5(11)6(12)4(10)2-8;3*1-4(2)3/h3-12H,1-2H2;3*1-3H/t3-,4+,5-,6-;;;/m1.../s1. The van der Waals surface area contributed by atoms with Crippen molar-refractivity contribution in [2.45, 2.75) is 24.4 Å². The SMILES string of the molecule is OC[C@@H](O)[C@@H](O)[C@H](O)[C@@H](O)CO.OP(O)O.OP(O)O.OP(O)O. The van der Waals surface area contributed by atoms with E-state index in [1.165, 1.54) is 0 Å². The van der Waals surface area contributed by atoms with Gasteiger partial charge in [-0.2, -0.15) is 0 Å². The molecule has 15 nitrogen and oxygen atoms in total. The number of aliphatic hydroxyl groups is 6. The lowest BCUT2D eigenvalue weighted by atomic mass is 10.0. The quantitative estimate of drug-likeness (QED) is 0.181. The molecule has 18 heteroatoms. The highest BCUT2D eigenvalue weighted by molar-refractivity contribution is 7.38. The zero-order valence-corrected chi connectivity index (χ0v) is 14.5. The smallest absolute Gasteiger partial charge is 0.324 e. The molecule has 0 saturated carbocycles. The molecule has 0 amide bonds. The van der Waals surface area contributed by atoms with Crippen LogP contribution in [-0.2, 0) is 0 Å². The van der Waals surface area contributed by atoms with E-state index >= 15 is 0 Å². The molecule has 0 aromatic rings. The molecule has 0 radical (unpaired) electrons. The molecule has 24 heavy (non-hydrogen) atoms. The second kappa shape index (κ2) is 21.7. The lowest BCUT2D eigenvalue weighted by Gasteiger charge is -2.24. The monoisotopic (exact) mass is 428 g/mol. The Morgan fingerprint density at radius 1 is 0.458 bits per heavy atom. The molecular formula is C6H23O15P3. The van der Waals surface area contributed by atoms with Gasteiger partial charge in [0.1, 0.15) is 24.4 Å². The average molecular weight is 428 g/mol. The lowest BCUT2D eigenvalue weighted by molar-refractivity contribution is -0.123. The van der Waals surface area contributed by atoms with E-state index in [1.807, 2.05) is 0 Å². The third kappa shape index (κ3) is 38.3. The van der Waals surface area contributed by atoms with Crippen LogP contribution >= 0.6 is 25.8 Å². The molecule has 0 aliphatic rings. The van der Waals surface area contributed by atoms with Crippen molar-refractivity contribution < 1.29 is 74.7 Å². The second-order valence-corrected chi connectivity index (χ2v) is 4.90. The molecular weight excluding hydrogens is 405 g/mol. The molecule has 152 valence electrons. The molecule has 0 bridgehead atoms. The van der Waals surface area contributed by atoms with Crippen molar-refractivity contribution in [2.75, 3.05) is 13.2 Å². The Labute approximate surface area is 139 Å². The third-order valence-electron chi connectivity index (χ3n) is 1.51. The summed E-state index contributed by atoms with van der Waals surface area (Å²) in [5, 5.41) is 52.2. The summed E-state index contributed by atoms with van der Waals surface area (Å²) >= 11 is 0. The summed E-state index contributed by atoms with van der Waals surface area (Å²) in [7, 11) is -7.86. The van der Waals surface area contributed by atoms with Gasteiger partial charge in [-0.3, -0.25) is 0 Å². The van der Waals surface area contributed by atoms with E-state index in [4.69, 9.17) is 74.7 Å². The first-order chi connectivity index (χ1) is 10.7. The number of rotatable bonds is 5.